The molecule has 0 bridgehead atoms. The summed E-state index contributed by atoms with van der Waals surface area (Å²) in [7, 11) is 0. The molecule has 3 rings (SSSR count). The van der Waals surface area contributed by atoms with Gasteiger partial charge in [-0.3, -0.25) is 4.79 Å². The Hall–Kier alpha value is -3.21. The van der Waals surface area contributed by atoms with Crippen molar-refractivity contribution in [3.05, 3.63) is 71.4 Å². The molecular weight excluding hydrogens is 292 g/mol. The Morgan fingerprint density at radius 2 is 1.78 bits per heavy atom. The van der Waals surface area contributed by atoms with Crippen LogP contribution >= 0.6 is 0 Å². The standard InChI is InChI=1S/C18H14N2O3/c1-12(21)19-15-9-7-13(8-10-15)11-16-18(22)23-17(20-16)14-5-3-2-4-6-14/h2-11H,1H3,(H,19,21)/b16-11-. The summed E-state index contributed by atoms with van der Waals surface area (Å²) in [5, 5.41) is 2.68. The molecule has 2 aromatic carbocycles. The van der Waals surface area contributed by atoms with Gasteiger partial charge in [0.15, 0.2) is 5.70 Å². The lowest BCUT2D eigenvalue weighted by molar-refractivity contribution is -0.129. The minimum absolute atomic E-state index is 0.132. The number of amides is 1. The lowest BCUT2D eigenvalue weighted by Crippen LogP contribution is -2.05. The molecule has 0 unspecified atom stereocenters. The summed E-state index contributed by atoms with van der Waals surface area (Å²) in [5.74, 6) is -0.306. The number of anilines is 1. The lowest BCUT2D eigenvalue weighted by atomic mass is 10.1. The number of hydrogen-bond acceptors (Lipinski definition) is 4. The fourth-order valence-electron chi connectivity index (χ4n) is 2.14. The Balaban J connectivity index is 1.83. The summed E-state index contributed by atoms with van der Waals surface area (Å²) in [6.07, 6.45) is 1.65. The third-order valence-corrected chi connectivity index (χ3v) is 3.18. The van der Waals surface area contributed by atoms with E-state index >= 15 is 0 Å². The number of carbonyl (C=O) groups excluding carboxylic acids is 2. The van der Waals surface area contributed by atoms with Crippen molar-refractivity contribution >= 4 is 29.5 Å². The molecule has 1 N–H and O–H groups in total. The number of nitrogens with one attached hydrogen (secondary N) is 1. The first-order valence-corrected chi connectivity index (χ1v) is 7.07. The highest BCUT2D eigenvalue weighted by molar-refractivity contribution is 6.12. The average Bonchev–Trinajstić information content (AvgIpc) is 2.91. The number of hydrogen-bond donors (Lipinski definition) is 1. The summed E-state index contributed by atoms with van der Waals surface area (Å²) < 4.78 is 5.19. The molecule has 5 heteroatoms. The summed E-state index contributed by atoms with van der Waals surface area (Å²) in [5.41, 5.74) is 2.49. The number of nitrogens with zero attached hydrogens (tertiary/aromatic N) is 1. The van der Waals surface area contributed by atoms with E-state index in [-0.39, 0.29) is 11.6 Å². The maximum Gasteiger partial charge on any atom is 0.363 e. The Bertz CT molecular complexity index is 806. The summed E-state index contributed by atoms with van der Waals surface area (Å²) in [6, 6.07) is 16.4. The van der Waals surface area contributed by atoms with Gasteiger partial charge >= 0.3 is 5.97 Å². The van der Waals surface area contributed by atoms with Crippen molar-refractivity contribution in [2.45, 2.75) is 6.92 Å². The zero-order valence-corrected chi connectivity index (χ0v) is 12.4. The van der Waals surface area contributed by atoms with Crippen molar-refractivity contribution in [1.82, 2.24) is 0 Å². The van der Waals surface area contributed by atoms with Gasteiger partial charge in [0.2, 0.25) is 11.8 Å². The number of benzene rings is 2. The molecule has 0 radical (unpaired) electrons. The van der Waals surface area contributed by atoms with Gasteiger partial charge < -0.3 is 10.1 Å². The van der Waals surface area contributed by atoms with Crippen LogP contribution in [0.25, 0.3) is 6.08 Å². The van der Waals surface area contributed by atoms with Crippen LogP contribution < -0.4 is 5.32 Å². The van der Waals surface area contributed by atoms with E-state index in [1.807, 2.05) is 30.3 Å². The second-order valence-electron chi connectivity index (χ2n) is 5.01. The number of ether oxygens (including phenoxy) is 1. The van der Waals surface area contributed by atoms with Crippen molar-refractivity contribution in [3.63, 3.8) is 0 Å². The second-order valence-corrected chi connectivity index (χ2v) is 5.01. The van der Waals surface area contributed by atoms with Gasteiger partial charge in [-0.15, -0.1) is 0 Å². The predicted molar refractivity (Wildman–Crippen MR) is 87.8 cm³/mol. The van der Waals surface area contributed by atoms with E-state index < -0.39 is 5.97 Å². The van der Waals surface area contributed by atoms with E-state index in [0.717, 1.165) is 11.1 Å². The maximum absolute atomic E-state index is 11.9. The van der Waals surface area contributed by atoms with Crippen LogP contribution in [0.15, 0.2) is 65.3 Å². The van der Waals surface area contributed by atoms with Crippen LogP contribution in [0.4, 0.5) is 5.69 Å². The first-order chi connectivity index (χ1) is 11.1. The molecule has 1 amide bonds. The van der Waals surface area contributed by atoms with Gasteiger partial charge in [0.05, 0.1) is 0 Å². The number of aliphatic imine (C=N–C) groups is 1. The number of esters is 1. The molecule has 0 saturated carbocycles. The minimum atomic E-state index is -0.477. The quantitative estimate of drug-likeness (QED) is 0.700. The molecular formula is C18H14N2O3. The van der Waals surface area contributed by atoms with Crippen LogP contribution in [0, 0.1) is 0 Å². The van der Waals surface area contributed by atoms with E-state index in [1.54, 1.807) is 30.3 Å². The molecule has 2 aromatic rings. The van der Waals surface area contributed by atoms with E-state index in [9.17, 15) is 9.59 Å². The smallest absolute Gasteiger partial charge is 0.363 e. The Labute approximate surface area is 133 Å². The second kappa shape index (κ2) is 6.27. The lowest BCUT2D eigenvalue weighted by Gasteiger charge is -2.01. The third-order valence-electron chi connectivity index (χ3n) is 3.18. The highest BCUT2D eigenvalue weighted by Gasteiger charge is 2.23. The highest BCUT2D eigenvalue weighted by Crippen LogP contribution is 2.20. The zero-order chi connectivity index (χ0) is 16.2. The van der Waals surface area contributed by atoms with Crippen molar-refractivity contribution in [2.75, 3.05) is 5.32 Å². The van der Waals surface area contributed by atoms with Gasteiger partial charge in [-0.2, -0.15) is 0 Å². The van der Waals surface area contributed by atoms with E-state index in [1.165, 1.54) is 6.92 Å². The molecule has 0 aliphatic carbocycles. The van der Waals surface area contributed by atoms with E-state index in [2.05, 4.69) is 10.3 Å². The summed E-state index contributed by atoms with van der Waals surface area (Å²) >= 11 is 0. The van der Waals surface area contributed by atoms with Crippen LogP contribution in [0.1, 0.15) is 18.1 Å². The Morgan fingerprint density at radius 3 is 2.43 bits per heavy atom. The molecule has 0 saturated heterocycles. The summed E-state index contributed by atoms with van der Waals surface area (Å²) in [4.78, 5) is 27.1. The van der Waals surface area contributed by atoms with Crippen LogP contribution in [-0.2, 0) is 14.3 Å². The van der Waals surface area contributed by atoms with Gasteiger partial charge in [0.1, 0.15) is 0 Å². The highest BCUT2D eigenvalue weighted by atomic mass is 16.6. The predicted octanol–water partition coefficient (Wildman–Crippen LogP) is 2.99. The van der Waals surface area contributed by atoms with Crippen molar-refractivity contribution in [1.29, 1.82) is 0 Å². The molecule has 114 valence electrons. The SMILES string of the molecule is CC(=O)Nc1ccc(/C=C2\N=C(c3ccccc3)OC2=O)cc1. The van der Waals surface area contributed by atoms with Crippen LogP contribution in [0.5, 0.6) is 0 Å². The minimum Gasteiger partial charge on any atom is -0.402 e. The molecule has 1 heterocycles. The Morgan fingerprint density at radius 1 is 1.09 bits per heavy atom. The first kappa shape index (κ1) is 14.7. The average molecular weight is 306 g/mol. The van der Waals surface area contributed by atoms with Crippen molar-refractivity contribution < 1.29 is 14.3 Å². The maximum atomic E-state index is 11.9. The first-order valence-electron chi connectivity index (χ1n) is 7.07. The van der Waals surface area contributed by atoms with Gasteiger partial charge in [-0.1, -0.05) is 30.3 Å². The molecule has 1 aliphatic heterocycles. The van der Waals surface area contributed by atoms with Gasteiger partial charge in [0, 0.05) is 18.2 Å². The van der Waals surface area contributed by atoms with Gasteiger partial charge in [-0.25, -0.2) is 9.79 Å². The molecule has 1 aliphatic rings. The monoisotopic (exact) mass is 306 g/mol. The largest absolute Gasteiger partial charge is 0.402 e. The molecule has 23 heavy (non-hydrogen) atoms. The molecule has 0 spiro atoms. The molecule has 5 nitrogen and oxygen atoms in total. The molecule has 0 atom stereocenters. The summed E-state index contributed by atoms with van der Waals surface area (Å²) in [6.45, 7) is 1.45. The number of cyclic esters (lactones) is 1. The van der Waals surface area contributed by atoms with Crippen molar-refractivity contribution in [3.8, 4) is 0 Å². The van der Waals surface area contributed by atoms with Gasteiger partial charge in [-0.05, 0) is 35.9 Å². The Kier molecular flexibility index (Phi) is 4.01. The number of carbonyl (C=O) groups is 2. The normalized spacial score (nSPS) is 15.3. The third kappa shape index (κ3) is 3.52. The van der Waals surface area contributed by atoms with Crippen LogP contribution in [-0.4, -0.2) is 17.8 Å². The topological polar surface area (TPSA) is 67.8 Å². The molecule has 0 fully saturated rings. The fraction of sp³-hybridized carbons (Fsp3) is 0.0556. The van der Waals surface area contributed by atoms with Crippen LogP contribution in [0.3, 0.4) is 0 Å². The van der Waals surface area contributed by atoms with E-state index in [4.69, 9.17) is 4.74 Å². The number of rotatable bonds is 3. The fourth-order valence-corrected chi connectivity index (χ4v) is 2.14. The molecule has 0 aromatic heterocycles. The van der Waals surface area contributed by atoms with Crippen LogP contribution in [0.2, 0.25) is 0 Å². The van der Waals surface area contributed by atoms with Crippen molar-refractivity contribution in [2.24, 2.45) is 4.99 Å². The van der Waals surface area contributed by atoms with E-state index in [0.29, 0.717) is 11.6 Å². The van der Waals surface area contributed by atoms with Gasteiger partial charge in [0.25, 0.3) is 0 Å². The zero-order valence-electron chi connectivity index (χ0n) is 12.4.